The molecule has 1 aromatic carbocycles. The Morgan fingerprint density at radius 1 is 1.30 bits per heavy atom. The molecule has 0 N–H and O–H groups in total. The van der Waals surface area contributed by atoms with Crippen LogP contribution in [0.3, 0.4) is 0 Å². The molecule has 0 amide bonds. The summed E-state index contributed by atoms with van der Waals surface area (Å²) >= 11 is 6.12. The molecule has 0 spiro atoms. The van der Waals surface area contributed by atoms with Gasteiger partial charge in [-0.05, 0) is 24.3 Å². The van der Waals surface area contributed by atoms with E-state index in [4.69, 9.17) is 11.6 Å². The molecule has 0 aliphatic carbocycles. The predicted molar refractivity (Wildman–Crippen MR) is 76.8 cm³/mol. The highest BCUT2D eigenvalue weighted by molar-refractivity contribution is 6.31. The molecule has 1 aliphatic rings. The van der Waals surface area contributed by atoms with Crippen LogP contribution in [0, 0.1) is 0 Å². The van der Waals surface area contributed by atoms with E-state index in [1.807, 2.05) is 27.4 Å². The zero-order valence-electron chi connectivity index (χ0n) is 10.5. The van der Waals surface area contributed by atoms with Crippen LogP contribution in [0.15, 0.2) is 37.4 Å². The van der Waals surface area contributed by atoms with Crippen molar-refractivity contribution in [3.05, 3.63) is 53.8 Å². The summed E-state index contributed by atoms with van der Waals surface area (Å²) < 4.78 is 3.89. The smallest absolute Gasteiger partial charge is 0.160 e. The third-order valence-electron chi connectivity index (χ3n) is 3.47. The second kappa shape index (κ2) is 4.05. The van der Waals surface area contributed by atoms with Crippen molar-refractivity contribution in [3.8, 4) is 17.1 Å². The molecule has 0 atom stereocenters. The molecule has 3 aromatic rings. The van der Waals surface area contributed by atoms with Gasteiger partial charge in [-0.15, -0.1) is 0 Å². The van der Waals surface area contributed by atoms with Gasteiger partial charge in [0.25, 0.3) is 0 Å². The molecular formula is C14H10ClN5. The van der Waals surface area contributed by atoms with Crippen molar-refractivity contribution in [2.24, 2.45) is 0 Å². The molecule has 0 fully saturated rings. The average Bonchev–Trinajstić information content (AvgIpc) is 3.04. The van der Waals surface area contributed by atoms with E-state index < -0.39 is 0 Å². The van der Waals surface area contributed by atoms with Gasteiger partial charge in [-0.2, -0.15) is 5.10 Å². The predicted octanol–water partition coefficient (Wildman–Crippen LogP) is 2.79. The van der Waals surface area contributed by atoms with Crippen LogP contribution in [0.1, 0.15) is 11.4 Å². The molecule has 0 saturated carbocycles. The van der Waals surface area contributed by atoms with Gasteiger partial charge in [0.05, 0.1) is 23.6 Å². The minimum atomic E-state index is 0.600. The van der Waals surface area contributed by atoms with Gasteiger partial charge in [0.1, 0.15) is 12.7 Å². The van der Waals surface area contributed by atoms with Crippen molar-refractivity contribution in [1.29, 1.82) is 0 Å². The van der Waals surface area contributed by atoms with Crippen LogP contribution < -0.4 is 0 Å². The van der Waals surface area contributed by atoms with E-state index in [0.717, 1.165) is 28.5 Å². The number of aromatic nitrogens is 5. The van der Waals surface area contributed by atoms with Crippen molar-refractivity contribution in [2.45, 2.75) is 6.54 Å². The molecule has 0 unspecified atom stereocenters. The molecule has 4 rings (SSSR count). The number of benzene rings is 1. The number of hydrogen-bond acceptors (Lipinski definition) is 3. The van der Waals surface area contributed by atoms with Crippen LogP contribution in [0.25, 0.3) is 23.2 Å². The van der Waals surface area contributed by atoms with Crippen molar-refractivity contribution in [2.75, 3.05) is 0 Å². The number of nitrogens with zero attached hydrogens (tertiary/aromatic N) is 5. The SMILES string of the molecule is C=Cc1ncn2c1Cn1ncnc1-c1cc(Cl)ccc1-2. The molecular weight excluding hydrogens is 274 g/mol. The van der Waals surface area contributed by atoms with Crippen molar-refractivity contribution in [1.82, 2.24) is 24.3 Å². The van der Waals surface area contributed by atoms with E-state index >= 15 is 0 Å². The van der Waals surface area contributed by atoms with E-state index in [1.54, 1.807) is 18.7 Å². The lowest BCUT2D eigenvalue weighted by Crippen LogP contribution is -2.05. The Morgan fingerprint density at radius 3 is 3.05 bits per heavy atom. The van der Waals surface area contributed by atoms with Crippen LogP contribution in [0.5, 0.6) is 0 Å². The summed E-state index contributed by atoms with van der Waals surface area (Å²) in [6.07, 6.45) is 5.11. The molecule has 1 aliphatic heterocycles. The Balaban J connectivity index is 2.11. The molecule has 3 heterocycles. The maximum atomic E-state index is 6.12. The Hall–Kier alpha value is -2.40. The number of rotatable bonds is 1. The molecule has 2 aromatic heterocycles. The highest BCUT2D eigenvalue weighted by atomic mass is 35.5. The number of fused-ring (bicyclic) bond motifs is 5. The first-order valence-electron chi connectivity index (χ1n) is 6.14. The standard InChI is InChI=1S/C14H10ClN5/c1-2-11-13-6-20-14(16-7-18-20)10-5-9(15)3-4-12(10)19(13)8-17-11/h2-5,7-8H,1,6H2. The fraction of sp³-hybridized carbons (Fsp3) is 0.0714. The summed E-state index contributed by atoms with van der Waals surface area (Å²) in [5.74, 6) is 0.807. The van der Waals surface area contributed by atoms with Crippen molar-refractivity contribution >= 4 is 17.7 Å². The van der Waals surface area contributed by atoms with Crippen LogP contribution in [-0.2, 0) is 6.54 Å². The molecule has 20 heavy (non-hydrogen) atoms. The van der Waals surface area contributed by atoms with E-state index in [-0.39, 0.29) is 0 Å². The van der Waals surface area contributed by atoms with Gasteiger partial charge in [-0.25, -0.2) is 14.6 Å². The van der Waals surface area contributed by atoms with Crippen molar-refractivity contribution < 1.29 is 0 Å². The monoisotopic (exact) mass is 283 g/mol. The summed E-state index contributed by atoms with van der Waals surface area (Å²) in [6, 6.07) is 5.74. The fourth-order valence-electron chi connectivity index (χ4n) is 2.55. The minimum Gasteiger partial charge on any atom is -0.300 e. The van der Waals surface area contributed by atoms with Crippen LogP contribution >= 0.6 is 11.6 Å². The molecule has 5 nitrogen and oxygen atoms in total. The Morgan fingerprint density at radius 2 is 2.20 bits per heavy atom. The average molecular weight is 284 g/mol. The summed E-state index contributed by atoms with van der Waals surface area (Å²) in [5, 5.41) is 4.96. The maximum Gasteiger partial charge on any atom is 0.160 e. The van der Waals surface area contributed by atoms with Gasteiger partial charge in [-0.1, -0.05) is 18.2 Å². The zero-order valence-corrected chi connectivity index (χ0v) is 11.2. The van der Waals surface area contributed by atoms with Gasteiger partial charge >= 0.3 is 0 Å². The van der Waals surface area contributed by atoms with Crippen LogP contribution in [0.4, 0.5) is 0 Å². The summed E-state index contributed by atoms with van der Waals surface area (Å²) in [6.45, 7) is 4.41. The van der Waals surface area contributed by atoms with Gasteiger partial charge in [0.2, 0.25) is 0 Å². The topological polar surface area (TPSA) is 48.5 Å². The highest BCUT2D eigenvalue weighted by Gasteiger charge is 2.22. The van der Waals surface area contributed by atoms with Gasteiger partial charge in [0, 0.05) is 10.6 Å². The minimum absolute atomic E-state index is 0.600. The molecule has 0 bridgehead atoms. The normalized spacial score (nSPS) is 12.2. The first kappa shape index (κ1) is 11.4. The van der Waals surface area contributed by atoms with Gasteiger partial charge in [-0.3, -0.25) is 4.57 Å². The van der Waals surface area contributed by atoms with E-state index in [0.29, 0.717) is 11.6 Å². The van der Waals surface area contributed by atoms with Gasteiger partial charge < -0.3 is 0 Å². The Bertz CT molecular complexity index is 830. The second-order valence-electron chi connectivity index (χ2n) is 4.55. The van der Waals surface area contributed by atoms with Gasteiger partial charge in [0.15, 0.2) is 5.82 Å². The lowest BCUT2D eigenvalue weighted by atomic mass is 10.1. The van der Waals surface area contributed by atoms with Crippen LogP contribution in [0.2, 0.25) is 5.02 Å². The first-order valence-corrected chi connectivity index (χ1v) is 6.52. The summed E-state index contributed by atoms with van der Waals surface area (Å²) in [4.78, 5) is 8.74. The molecule has 6 heteroatoms. The highest BCUT2D eigenvalue weighted by Crippen LogP contribution is 2.33. The van der Waals surface area contributed by atoms with E-state index in [1.165, 1.54) is 0 Å². The lowest BCUT2D eigenvalue weighted by Gasteiger charge is -2.08. The zero-order chi connectivity index (χ0) is 13.7. The van der Waals surface area contributed by atoms with Crippen LogP contribution in [-0.4, -0.2) is 24.3 Å². The van der Waals surface area contributed by atoms with E-state index in [9.17, 15) is 0 Å². The summed E-state index contributed by atoms with van der Waals surface area (Å²) in [7, 11) is 0. The third kappa shape index (κ3) is 1.47. The van der Waals surface area contributed by atoms with Crippen molar-refractivity contribution in [3.63, 3.8) is 0 Å². The molecule has 0 saturated heterocycles. The second-order valence-corrected chi connectivity index (χ2v) is 4.99. The Labute approximate surface area is 120 Å². The maximum absolute atomic E-state index is 6.12. The van der Waals surface area contributed by atoms with E-state index in [2.05, 4.69) is 21.6 Å². The Kier molecular flexibility index (Phi) is 2.31. The first-order chi connectivity index (χ1) is 9.78. The lowest BCUT2D eigenvalue weighted by molar-refractivity contribution is 0.676. The number of halogens is 1. The number of imidazole rings is 1. The molecule has 0 radical (unpaired) electrons. The number of hydrogen-bond donors (Lipinski definition) is 0. The fourth-order valence-corrected chi connectivity index (χ4v) is 2.72. The molecule has 98 valence electrons. The quantitative estimate of drug-likeness (QED) is 0.540. The summed E-state index contributed by atoms with van der Waals surface area (Å²) in [5.41, 5.74) is 3.83. The largest absolute Gasteiger partial charge is 0.300 e. The third-order valence-corrected chi connectivity index (χ3v) is 3.70.